The second kappa shape index (κ2) is 10.6. The first-order valence-corrected chi connectivity index (χ1v) is 11.5. The molecule has 3 N–H and O–H groups in total. The van der Waals surface area contributed by atoms with Crippen molar-refractivity contribution >= 4 is 46.3 Å². The van der Waals surface area contributed by atoms with Gasteiger partial charge in [0.2, 0.25) is 5.91 Å². The molecule has 0 saturated carbocycles. The number of hydrogen-bond acceptors (Lipinski definition) is 7. The van der Waals surface area contributed by atoms with Gasteiger partial charge in [-0.15, -0.1) is 11.3 Å². The van der Waals surface area contributed by atoms with Gasteiger partial charge in [-0.05, 0) is 53.4 Å². The van der Waals surface area contributed by atoms with Crippen LogP contribution in [0.2, 0.25) is 0 Å². The summed E-state index contributed by atoms with van der Waals surface area (Å²) in [6, 6.07) is 18.3. The Balaban J connectivity index is 1.26. The Bertz CT molecular complexity index is 1160. The number of nitrogens with zero attached hydrogens (tertiary/aromatic N) is 2. The fourth-order valence-corrected chi connectivity index (χ4v) is 3.93. The maximum atomic E-state index is 12.1. The number of anilines is 2. The molecule has 32 heavy (non-hydrogen) atoms. The van der Waals surface area contributed by atoms with Crippen LogP contribution in [0.5, 0.6) is 5.75 Å². The number of aromatic nitrogens is 3. The molecule has 0 aliphatic rings. The summed E-state index contributed by atoms with van der Waals surface area (Å²) in [6.07, 6.45) is 1.40. The van der Waals surface area contributed by atoms with E-state index in [0.717, 1.165) is 5.56 Å². The number of H-pyrrole nitrogens is 1. The summed E-state index contributed by atoms with van der Waals surface area (Å²) in [7, 11) is 0. The first-order valence-electron chi connectivity index (χ1n) is 9.60. The van der Waals surface area contributed by atoms with Crippen LogP contribution in [-0.4, -0.2) is 32.7 Å². The molecule has 0 radical (unpaired) electrons. The largest absolute Gasteiger partial charge is 0.489 e. The maximum absolute atomic E-state index is 12.1. The number of thioether (sulfide) groups is 1. The van der Waals surface area contributed by atoms with Crippen molar-refractivity contribution in [1.29, 1.82) is 0 Å². The number of carbonyl (C=O) groups is 2. The highest BCUT2D eigenvalue weighted by atomic mass is 32.2. The average Bonchev–Trinajstić information content (AvgIpc) is 3.52. The number of hydrogen-bond donors (Lipinski definition) is 3. The van der Waals surface area contributed by atoms with Gasteiger partial charge in [-0.1, -0.05) is 30.0 Å². The van der Waals surface area contributed by atoms with E-state index in [9.17, 15) is 9.59 Å². The molecule has 0 aliphatic heterocycles. The van der Waals surface area contributed by atoms with Crippen LogP contribution >= 0.6 is 23.1 Å². The van der Waals surface area contributed by atoms with E-state index in [1.54, 1.807) is 30.3 Å². The van der Waals surface area contributed by atoms with Crippen LogP contribution in [0.15, 0.2) is 77.5 Å². The molecule has 4 aromatic rings. The van der Waals surface area contributed by atoms with Gasteiger partial charge in [-0.25, -0.2) is 4.98 Å². The molecular weight excluding hydrogens is 446 g/mol. The highest BCUT2D eigenvalue weighted by Gasteiger charge is 2.08. The number of thiophene rings is 1. The average molecular weight is 466 g/mol. The summed E-state index contributed by atoms with van der Waals surface area (Å²) in [5.41, 5.74) is 2.31. The molecular formula is C22H19N5O3S2. The van der Waals surface area contributed by atoms with Gasteiger partial charge in [0.25, 0.3) is 5.91 Å². The highest BCUT2D eigenvalue weighted by Crippen LogP contribution is 2.20. The fourth-order valence-electron chi connectivity index (χ4n) is 2.74. The molecule has 0 saturated heterocycles. The minimum Gasteiger partial charge on any atom is -0.489 e. The minimum atomic E-state index is -0.135. The van der Waals surface area contributed by atoms with E-state index in [0.29, 0.717) is 33.8 Å². The Morgan fingerprint density at radius 3 is 2.66 bits per heavy atom. The minimum absolute atomic E-state index is 0.133. The summed E-state index contributed by atoms with van der Waals surface area (Å²) in [4.78, 5) is 28.9. The second-order valence-electron chi connectivity index (χ2n) is 6.57. The van der Waals surface area contributed by atoms with Gasteiger partial charge in [0, 0.05) is 11.4 Å². The van der Waals surface area contributed by atoms with E-state index >= 15 is 0 Å². The molecule has 0 atom stereocenters. The van der Waals surface area contributed by atoms with Gasteiger partial charge < -0.3 is 15.4 Å². The Morgan fingerprint density at radius 1 is 1.03 bits per heavy atom. The third-order valence-corrected chi connectivity index (χ3v) is 5.95. The van der Waals surface area contributed by atoms with Gasteiger partial charge in [0.1, 0.15) is 18.7 Å². The number of amides is 2. The summed E-state index contributed by atoms with van der Waals surface area (Å²) in [6.45, 7) is 0.345. The lowest BCUT2D eigenvalue weighted by atomic mass is 10.2. The topological polar surface area (TPSA) is 109 Å². The summed E-state index contributed by atoms with van der Waals surface area (Å²) in [5.74, 6) is 0.638. The lowest BCUT2D eigenvalue weighted by molar-refractivity contribution is -0.113. The fraction of sp³-hybridized carbons (Fsp3) is 0.0909. The van der Waals surface area contributed by atoms with E-state index in [1.807, 2.05) is 35.7 Å². The van der Waals surface area contributed by atoms with Crippen molar-refractivity contribution in [2.45, 2.75) is 11.8 Å². The van der Waals surface area contributed by atoms with Crippen molar-refractivity contribution in [3.63, 3.8) is 0 Å². The smallest absolute Gasteiger partial charge is 0.265 e. The first-order chi connectivity index (χ1) is 15.7. The Hall–Kier alpha value is -3.63. The van der Waals surface area contributed by atoms with Crippen molar-refractivity contribution in [3.8, 4) is 5.75 Å². The summed E-state index contributed by atoms with van der Waals surface area (Å²) < 4.78 is 5.83. The number of ether oxygens (including phenoxy) is 1. The van der Waals surface area contributed by atoms with E-state index in [1.165, 1.54) is 29.4 Å². The Kier molecular flexibility index (Phi) is 7.15. The zero-order chi connectivity index (χ0) is 22.2. The normalized spacial score (nSPS) is 10.5. The van der Waals surface area contributed by atoms with Crippen LogP contribution in [0.25, 0.3) is 0 Å². The van der Waals surface area contributed by atoms with E-state index < -0.39 is 0 Å². The van der Waals surface area contributed by atoms with Gasteiger partial charge in [0.15, 0.2) is 5.16 Å². The first kappa shape index (κ1) is 21.6. The van der Waals surface area contributed by atoms with Crippen LogP contribution in [0, 0.1) is 0 Å². The lowest BCUT2D eigenvalue weighted by Gasteiger charge is -2.10. The molecule has 2 aromatic carbocycles. The SMILES string of the molecule is O=C(CSc1ncn[nH]1)Nc1cccc(COc2ccc(NC(=O)c3cccs3)cc2)c1. The molecule has 2 aromatic heterocycles. The zero-order valence-electron chi connectivity index (χ0n) is 16.8. The summed E-state index contributed by atoms with van der Waals surface area (Å²) in [5, 5.41) is 14.6. The van der Waals surface area contributed by atoms with Crippen LogP contribution in [0.4, 0.5) is 11.4 Å². The zero-order valence-corrected chi connectivity index (χ0v) is 18.4. The van der Waals surface area contributed by atoms with Crippen molar-refractivity contribution in [3.05, 3.63) is 82.8 Å². The monoisotopic (exact) mass is 465 g/mol. The van der Waals surface area contributed by atoms with Crippen LogP contribution < -0.4 is 15.4 Å². The van der Waals surface area contributed by atoms with Crippen molar-refractivity contribution in [2.24, 2.45) is 0 Å². The molecule has 0 unspecified atom stereocenters. The van der Waals surface area contributed by atoms with Gasteiger partial charge in [0.05, 0.1) is 10.6 Å². The van der Waals surface area contributed by atoms with E-state index in [2.05, 4.69) is 25.8 Å². The molecule has 0 bridgehead atoms. The molecule has 0 fully saturated rings. The van der Waals surface area contributed by atoms with Crippen molar-refractivity contribution < 1.29 is 14.3 Å². The predicted molar refractivity (Wildman–Crippen MR) is 125 cm³/mol. The van der Waals surface area contributed by atoms with E-state index in [-0.39, 0.29) is 17.6 Å². The van der Waals surface area contributed by atoms with Crippen LogP contribution in [0.1, 0.15) is 15.2 Å². The third kappa shape index (κ3) is 6.19. The molecule has 10 heteroatoms. The molecule has 2 amide bonds. The van der Waals surface area contributed by atoms with Crippen LogP contribution in [0.3, 0.4) is 0 Å². The van der Waals surface area contributed by atoms with Gasteiger partial charge >= 0.3 is 0 Å². The number of rotatable bonds is 9. The molecule has 0 aliphatic carbocycles. The third-order valence-electron chi connectivity index (χ3n) is 4.21. The van der Waals surface area contributed by atoms with Gasteiger partial charge in [-0.2, -0.15) is 5.10 Å². The predicted octanol–water partition coefficient (Wildman–Crippen LogP) is 4.43. The number of nitrogens with one attached hydrogen (secondary N) is 3. The Labute approximate surface area is 192 Å². The molecule has 2 heterocycles. The molecule has 0 spiro atoms. The van der Waals surface area contributed by atoms with Gasteiger partial charge in [-0.3, -0.25) is 14.7 Å². The summed E-state index contributed by atoms with van der Waals surface area (Å²) >= 11 is 2.67. The quantitative estimate of drug-likeness (QED) is 0.316. The molecule has 4 rings (SSSR count). The number of aromatic amines is 1. The lowest BCUT2D eigenvalue weighted by Crippen LogP contribution is -2.14. The van der Waals surface area contributed by atoms with Crippen molar-refractivity contribution in [2.75, 3.05) is 16.4 Å². The molecule has 8 nitrogen and oxygen atoms in total. The Morgan fingerprint density at radius 2 is 1.91 bits per heavy atom. The second-order valence-corrected chi connectivity index (χ2v) is 8.48. The number of benzene rings is 2. The molecule has 162 valence electrons. The highest BCUT2D eigenvalue weighted by molar-refractivity contribution is 7.99. The standard InChI is InChI=1S/C22H19N5O3S2/c28-20(13-32-22-23-14-24-27-22)25-17-4-1-3-15(11-17)12-30-18-8-6-16(7-9-18)26-21(29)19-5-2-10-31-19/h1-11,14H,12-13H2,(H,25,28)(H,26,29)(H,23,24,27). The van der Waals surface area contributed by atoms with Crippen molar-refractivity contribution in [1.82, 2.24) is 15.2 Å². The van der Waals surface area contributed by atoms with Crippen LogP contribution in [-0.2, 0) is 11.4 Å². The van der Waals surface area contributed by atoms with E-state index in [4.69, 9.17) is 4.74 Å². The maximum Gasteiger partial charge on any atom is 0.265 e. The number of carbonyl (C=O) groups excluding carboxylic acids is 2.